The maximum absolute atomic E-state index is 12.7. The van der Waals surface area contributed by atoms with Crippen molar-refractivity contribution < 1.29 is 29.4 Å². The molecule has 3 aliphatic rings. The molecule has 0 aromatic heterocycles. The Balaban J connectivity index is 1.55. The van der Waals surface area contributed by atoms with E-state index in [0.29, 0.717) is 64.5 Å². The molecule has 3 fully saturated rings. The molecule has 2 heterocycles. The molecule has 8 nitrogen and oxygen atoms in total. The monoisotopic (exact) mass is 366 g/mol. The zero-order valence-electron chi connectivity index (χ0n) is 14.8. The van der Waals surface area contributed by atoms with Crippen molar-refractivity contribution in [2.75, 3.05) is 13.1 Å². The van der Waals surface area contributed by atoms with Gasteiger partial charge in [-0.05, 0) is 51.4 Å². The first kappa shape index (κ1) is 18.7. The van der Waals surface area contributed by atoms with Crippen molar-refractivity contribution in [2.45, 2.75) is 63.5 Å². The summed E-state index contributed by atoms with van der Waals surface area (Å²) in [5, 5.41) is 18.5. The van der Waals surface area contributed by atoms with Gasteiger partial charge in [-0.15, -0.1) is 0 Å². The number of amides is 2. The zero-order chi connectivity index (χ0) is 18.8. The Hall–Kier alpha value is -2.12. The summed E-state index contributed by atoms with van der Waals surface area (Å²) >= 11 is 0. The average Bonchev–Trinajstić information content (AvgIpc) is 3.29. The Labute approximate surface area is 152 Å². The second-order valence-corrected chi connectivity index (χ2v) is 7.60. The van der Waals surface area contributed by atoms with Gasteiger partial charge in [0, 0.05) is 24.9 Å². The quantitative estimate of drug-likeness (QED) is 0.765. The highest BCUT2D eigenvalue weighted by atomic mass is 16.4. The first-order valence-electron chi connectivity index (χ1n) is 9.46. The second-order valence-electron chi connectivity index (χ2n) is 7.60. The normalized spacial score (nSPS) is 31.8. The Morgan fingerprint density at radius 1 is 0.615 bits per heavy atom. The van der Waals surface area contributed by atoms with Gasteiger partial charge in [0.15, 0.2) is 0 Å². The number of likely N-dealkylation sites (tertiary alicyclic amines) is 2. The number of carboxylic acids is 2. The molecular weight excluding hydrogens is 340 g/mol. The predicted molar refractivity (Wildman–Crippen MR) is 90.2 cm³/mol. The highest BCUT2D eigenvalue weighted by Crippen LogP contribution is 2.34. The van der Waals surface area contributed by atoms with Crippen LogP contribution in [0.5, 0.6) is 0 Å². The van der Waals surface area contributed by atoms with E-state index in [4.69, 9.17) is 0 Å². The van der Waals surface area contributed by atoms with Gasteiger partial charge >= 0.3 is 11.9 Å². The number of hydrogen-bond donors (Lipinski definition) is 2. The van der Waals surface area contributed by atoms with Gasteiger partial charge in [-0.3, -0.25) is 9.59 Å². The molecule has 0 spiro atoms. The second kappa shape index (κ2) is 7.63. The van der Waals surface area contributed by atoms with Crippen LogP contribution in [0.15, 0.2) is 0 Å². The maximum atomic E-state index is 12.7. The summed E-state index contributed by atoms with van der Waals surface area (Å²) in [5.74, 6) is -2.57. The summed E-state index contributed by atoms with van der Waals surface area (Å²) in [6.45, 7) is 0.978. The standard InChI is InChI=1S/C18H26N2O6/c21-15(19-9-1-3-13(19)17(23)24)11-5-7-12(8-6-11)16(22)20-10-2-4-14(20)18(25)26/h11-14H,1-10H2,(H,23,24)(H,25,26)/t11?,12?,13-,14?/m1/s1. The Bertz CT molecular complexity index is 546. The van der Waals surface area contributed by atoms with Crippen molar-refractivity contribution >= 4 is 23.8 Å². The summed E-state index contributed by atoms with van der Waals surface area (Å²) in [7, 11) is 0. The summed E-state index contributed by atoms with van der Waals surface area (Å²) in [6, 6.07) is -1.44. The van der Waals surface area contributed by atoms with Gasteiger partial charge in [-0.2, -0.15) is 0 Å². The van der Waals surface area contributed by atoms with E-state index in [0.717, 1.165) is 0 Å². The van der Waals surface area contributed by atoms with E-state index >= 15 is 0 Å². The summed E-state index contributed by atoms with van der Waals surface area (Å²) in [4.78, 5) is 50.9. The smallest absolute Gasteiger partial charge is 0.326 e. The fourth-order valence-electron chi connectivity index (χ4n) is 4.63. The van der Waals surface area contributed by atoms with Gasteiger partial charge in [0.1, 0.15) is 12.1 Å². The number of carbonyl (C=O) groups is 4. The van der Waals surface area contributed by atoms with Gasteiger partial charge in [0.25, 0.3) is 0 Å². The van der Waals surface area contributed by atoms with Gasteiger partial charge in [0.05, 0.1) is 0 Å². The molecule has 144 valence electrons. The molecule has 2 saturated heterocycles. The lowest BCUT2D eigenvalue weighted by Gasteiger charge is -2.33. The number of hydrogen-bond acceptors (Lipinski definition) is 4. The van der Waals surface area contributed by atoms with Crippen LogP contribution in [-0.4, -0.2) is 68.9 Å². The molecule has 3 rings (SSSR count). The van der Waals surface area contributed by atoms with E-state index in [1.165, 1.54) is 9.80 Å². The first-order valence-corrected chi connectivity index (χ1v) is 9.46. The van der Waals surface area contributed by atoms with Gasteiger partial charge in [-0.1, -0.05) is 0 Å². The fraction of sp³-hybridized carbons (Fsp3) is 0.778. The van der Waals surface area contributed by atoms with Crippen LogP contribution in [0.2, 0.25) is 0 Å². The lowest BCUT2D eigenvalue weighted by Crippen LogP contribution is -2.46. The minimum absolute atomic E-state index is 0.106. The Kier molecular flexibility index (Phi) is 5.48. The summed E-state index contributed by atoms with van der Waals surface area (Å²) in [6.07, 6.45) is 4.66. The highest BCUT2D eigenvalue weighted by Gasteiger charge is 2.41. The zero-order valence-corrected chi connectivity index (χ0v) is 14.8. The lowest BCUT2D eigenvalue weighted by molar-refractivity contribution is -0.152. The van der Waals surface area contributed by atoms with E-state index in [1.807, 2.05) is 0 Å². The van der Waals surface area contributed by atoms with Crippen molar-refractivity contribution in [1.29, 1.82) is 0 Å². The molecule has 2 aliphatic heterocycles. The van der Waals surface area contributed by atoms with E-state index in [1.54, 1.807) is 0 Å². The molecule has 8 heteroatoms. The average molecular weight is 366 g/mol. The van der Waals surface area contributed by atoms with Crippen molar-refractivity contribution in [1.82, 2.24) is 9.80 Å². The number of nitrogens with zero attached hydrogens (tertiary/aromatic N) is 2. The number of rotatable bonds is 4. The number of carboxylic acid groups (broad SMARTS) is 2. The number of aliphatic carboxylic acids is 2. The molecule has 26 heavy (non-hydrogen) atoms. The topological polar surface area (TPSA) is 115 Å². The Morgan fingerprint density at radius 2 is 0.962 bits per heavy atom. The molecule has 1 saturated carbocycles. The SMILES string of the molecule is O=C(O)C1CCCN1C(=O)C1CCC(C(=O)N2CCC[C@@H]2C(=O)O)CC1. The van der Waals surface area contributed by atoms with Crippen LogP contribution in [0.4, 0.5) is 0 Å². The minimum atomic E-state index is -0.951. The molecule has 0 bridgehead atoms. The molecular formula is C18H26N2O6. The third-order valence-corrected chi connectivity index (χ3v) is 6.07. The molecule has 2 atom stereocenters. The van der Waals surface area contributed by atoms with Crippen LogP contribution in [0.1, 0.15) is 51.4 Å². The lowest BCUT2D eigenvalue weighted by atomic mass is 9.80. The van der Waals surface area contributed by atoms with Crippen LogP contribution in [-0.2, 0) is 19.2 Å². The first-order chi connectivity index (χ1) is 12.4. The van der Waals surface area contributed by atoms with E-state index in [9.17, 15) is 29.4 Å². The Morgan fingerprint density at radius 3 is 1.27 bits per heavy atom. The van der Waals surface area contributed by atoms with Crippen molar-refractivity contribution in [3.63, 3.8) is 0 Å². The van der Waals surface area contributed by atoms with Crippen molar-refractivity contribution in [3.05, 3.63) is 0 Å². The highest BCUT2D eigenvalue weighted by molar-refractivity contribution is 5.87. The van der Waals surface area contributed by atoms with Crippen LogP contribution in [0.3, 0.4) is 0 Å². The third kappa shape index (κ3) is 3.54. The minimum Gasteiger partial charge on any atom is -0.480 e. The van der Waals surface area contributed by atoms with Gasteiger partial charge in [-0.25, -0.2) is 9.59 Å². The predicted octanol–water partition coefficient (Wildman–Crippen LogP) is 0.944. The fourth-order valence-corrected chi connectivity index (χ4v) is 4.63. The largest absolute Gasteiger partial charge is 0.480 e. The molecule has 0 aromatic rings. The molecule has 1 aliphatic carbocycles. The van der Waals surface area contributed by atoms with E-state index in [2.05, 4.69) is 0 Å². The van der Waals surface area contributed by atoms with Crippen molar-refractivity contribution in [2.24, 2.45) is 11.8 Å². The van der Waals surface area contributed by atoms with Crippen LogP contribution < -0.4 is 0 Å². The molecule has 0 aromatic carbocycles. The maximum Gasteiger partial charge on any atom is 0.326 e. The van der Waals surface area contributed by atoms with Crippen molar-refractivity contribution in [3.8, 4) is 0 Å². The molecule has 2 amide bonds. The van der Waals surface area contributed by atoms with E-state index in [-0.39, 0.29) is 23.7 Å². The van der Waals surface area contributed by atoms with E-state index < -0.39 is 24.0 Å². The number of carbonyl (C=O) groups excluding carboxylic acids is 2. The third-order valence-electron chi connectivity index (χ3n) is 6.07. The summed E-state index contributed by atoms with van der Waals surface area (Å²) < 4.78 is 0. The van der Waals surface area contributed by atoms with Gasteiger partial charge < -0.3 is 20.0 Å². The van der Waals surface area contributed by atoms with Crippen LogP contribution in [0, 0.1) is 11.8 Å². The summed E-state index contributed by atoms with van der Waals surface area (Å²) in [5.41, 5.74) is 0. The molecule has 2 N–H and O–H groups in total. The van der Waals surface area contributed by atoms with Crippen LogP contribution >= 0.6 is 0 Å². The van der Waals surface area contributed by atoms with Crippen LogP contribution in [0.25, 0.3) is 0 Å². The molecule has 1 unspecified atom stereocenters. The van der Waals surface area contributed by atoms with Gasteiger partial charge in [0.2, 0.25) is 11.8 Å². The molecule has 0 radical (unpaired) electrons.